The number of aliphatic hydroxyl groups is 1. The highest BCUT2D eigenvalue weighted by atomic mass is 16.3. The van der Waals surface area contributed by atoms with E-state index in [1.54, 1.807) is 0 Å². The molecule has 17 heavy (non-hydrogen) atoms. The normalized spacial score (nSPS) is 25.8. The molecule has 0 heterocycles. The Morgan fingerprint density at radius 3 is 2.82 bits per heavy atom. The second-order valence-electron chi connectivity index (χ2n) is 4.90. The molecule has 0 amide bonds. The molecule has 0 aliphatic heterocycles. The zero-order chi connectivity index (χ0) is 12.4. The first-order valence-electron chi connectivity index (χ1n) is 6.46. The van der Waals surface area contributed by atoms with E-state index in [0.717, 1.165) is 30.4 Å². The summed E-state index contributed by atoms with van der Waals surface area (Å²) in [4.78, 5) is 12.1. The third kappa shape index (κ3) is 2.42. The second-order valence-corrected chi connectivity index (χ2v) is 4.90. The van der Waals surface area contributed by atoms with Gasteiger partial charge in [-0.25, -0.2) is 0 Å². The third-order valence-electron chi connectivity index (χ3n) is 3.62. The van der Waals surface area contributed by atoms with Crippen LogP contribution in [-0.2, 0) is 4.79 Å². The minimum Gasteiger partial charge on any atom is -0.389 e. The molecule has 1 N–H and O–H groups in total. The van der Waals surface area contributed by atoms with E-state index in [1.165, 1.54) is 11.1 Å². The van der Waals surface area contributed by atoms with Gasteiger partial charge in [0.05, 0.1) is 6.10 Å². The Kier molecular flexibility index (Phi) is 3.63. The van der Waals surface area contributed by atoms with Gasteiger partial charge in [-0.15, -0.1) is 0 Å². The fourth-order valence-electron chi connectivity index (χ4n) is 2.70. The summed E-state index contributed by atoms with van der Waals surface area (Å²) in [5.41, 5.74) is 4.26. The Morgan fingerprint density at radius 1 is 1.41 bits per heavy atom. The molecule has 0 aromatic rings. The maximum atomic E-state index is 12.1. The van der Waals surface area contributed by atoms with Gasteiger partial charge in [-0.1, -0.05) is 18.6 Å². The molecule has 2 aliphatic rings. The Morgan fingerprint density at radius 2 is 2.18 bits per heavy atom. The highest BCUT2D eigenvalue weighted by Gasteiger charge is 2.25. The van der Waals surface area contributed by atoms with Crippen LogP contribution in [0.15, 0.2) is 34.4 Å². The number of aliphatic hydroxyl groups excluding tert-OH is 1. The SMILES string of the molecule is CCC1=CCC(O)C=C1C1=C(C)CCCC1=O. The largest absolute Gasteiger partial charge is 0.389 e. The average molecular weight is 232 g/mol. The van der Waals surface area contributed by atoms with Gasteiger partial charge in [0.1, 0.15) is 0 Å². The summed E-state index contributed by atoms with van der Waals surface area (Å²) in [5.74, 6) is 0.244. The van der Waals surface area contributed by atoms with Crippen molar-refractivity contribution in [2.24, 2.45) is 0 Å². The lowest BCUT2D eigenvalue weighted by atomic mass is 9.80. The summed E-state index contributed by atoms with van der Waals surface area (Å²) in [6, 6.07) is 0. The molecule has 1 atom stereocenters. The quantitative estimate of drug-likeness (QED) is 0.794. The topological polar surface area (TPSA) is 37.3 Å². The smallest absolute Gasteiger partial charge is 0.163 e. The first kappa shape index (κ1) is 12.3. The van der Waals surface area contributed by atoms with Crippen molar-refractivity contribution in [1.82, 2.24) is 0 Å². The van der Waals surface area contributed by atoms with Crippen molar-refractivity contribution in [2.45, 2.75) is 52.1 Å². The summed E-state index contributed by atoms with van der Waals surface area (Å²) in [5, 5.41) is 9.74. The van der Waals surface area contributed by atoms with Crippen LogP contribution in [0.2, 0.25) is 0 Å². The molecular formula is C15H20O2. The lowest BCUT2D eigenvalue weighted by Gasteiger charge is -2.24. The highest BCUT2D eigenvalue weighted by molar-refractivity contribution is 6.02. The summed E-state index contributed by atoms with van der Waals surface area (Å²) < 4.78 is 0. The molecule has 0 spiro atoms. The van der Waals surface area contributed by atoms with Crippen LogP contribution in [-0.4, -0.2) is 17.0 Å². The van der Waals surface area contributed by atoms with E-state index in [0.29, 0.717) is 12.8 Å². The molecule has 2 heteroatoms. The van der Waals surface area contributed by atoms with Crippen LogP contribution >= 0.6 is 0 Å². The van der Waals surface area contributed by atoms with Crippen molar-refractivity contribution >= 4 is 5.78 Å². The Labute approximate surface area is 103 Å². The number of hydrogen-bond donors (Lipinski definition) is 1. The molecule has 0 aromatic carbocycles. The van der Waals surface area contributed by atoms with Crippen molar-refractivity contribution in [3.63, 3.8) is 0 Å². The van der Waals surface area contributed by atoms with Crippen LogP contribution < -0.4 is 0 Å². The van der Waals surface area contributed by atoms with Gasteiger partial charge in [-0.05, 0) is 49.8 Å². The Hall–Kier alpha value is -1.15. The summed E-state index contributed by atoms with van der Waals surface area (Å²) >= 11 is 0. The molecule has 2 rings (SSSR count). The van der Waals surface area contributed by atoms with Crippen LogP contribution in [0.1, 0.15) is 46.0 Å². The average Bonchev–Trinajstić information content (AvgIpc) is 2.29. The monoisotopic (exact) mass is 232 g/mol. The molecule has 92 valence electrons. The zero-order valence-electron chi connectivity index (χ0n) is 10.6. The maximum absolute atomic E-state index is 12.1. The summed E-state index contributed by atoms with van der Waals surface area (Å²) in [6.45, 7) is 4.14. The molecule has 0 saturated heterocycles. The Bertz CT molecular complexity index is 424. The molecule has 0 radical (unpaired) electrons. The maximum Gasteiger partial charge on any atom is 0.163 e. The van der Waals surface area contributed by atoms with Crippen molar-refractivity contribution in [3.8, 4) is 0 Å². The lowest BCUT2D eigenvalue weighted by molar-refractivity contribution is -0.115. The first-order valence-corrected chi connectivity index (χ1v) is 6.46. The predicted octanol–water partition coefficient (Wildman–Crippen LogP) is 3.08. The van der Waals surface area contributed by atoms with Crippen LogP contribution in [0.25, 0.3) is 0 Å². The van der Waals surface area contributed by atoms with Crippen molar-refractivity contribution in [3.05, 3.63) is 34.4 Å². The van der Waals surface area contributed by atoms with Crippen LogP contribution in [0.5, 0.6) is 0 Å². The molecule has 1 unspecified atom stereocenters. The number of allylic oxidation sites excluding steroid dienone is 4. The van der Waals surface area contributed by atoms with E-state index < -0.39 is 6.10 Å². The highest BCUT2D eigenvalue weighted by Crippen LogP contribution is 2.34. The lowest BCUT2D eigenvalue weighted by Crippen LogP contribution is -2.17. The molecule has 0 saturated carbocycles. The molecule has 2 aliphatic carbocycles. The van der Waals surface area contributed by atoms with E-state index in [4.69, 9.17) is 0 Å². The molecule has 0 fully saturated rings. The van der Waals surface area contributed by atoms with Gasteiger partial charge in [0.2, 0.25) is 0 Å². The minimum atomic E-state index is -0.435. The van der Waals surface area contributed by atoms with Crippen molar-refractivity contribution in [1.29, 1.82) is 0 Å². The Balaban J connectivity index is 2.43. The number of ketones is 1. The van der Waals surface area contributed by atoms with E-state index >= 15 is 0 Å². The standard InChI is InChI=1S/C15H20O2/c1-3-11-7-8-12(16)9-13(11)15-10(2)5-4-6-14(15)17/h7,9,12,16H,3-6,8H2,1-2H3. The molecule has 0 aromatic heterocycles. The van der Waals surface area contributed by atoms with Gasteiger partial charge in [0, 0.05) is 12.0 Å². The van der Waals surface area contributed by atoms with Crippen molar-refractivity contribution in [2.75, 3.05) is 0 Å². The summed E-state index contributed by atoms with van der Waals surface area (Å²) in [6.07, 6.45) is 7.71. The number of carbonyl (C=O) groups is 1. The molecule has 2 nitrogen and oxygen atoms in total. The summed E-state index contributed by atoms with van der Waals surface area (Å²) in [7, 11) is 0. The van der Waals surface area contributed by atoms with Crippen LogP contribution in [0.4, 0.5) is 0 Å². The molecular weight excluding hydrogens is 212 g/mol. The first-order chi connectivity index (χ1) is 8.13. The minimum absolute atomic E-state index is 0.244. The number of rotatable bonds is 2. The van der Waals surface area contributed by atoms with Gasteiger partial charge in [-0.2, -0.15) is 0 Å². The molecule has 0 bridgehead atoms. The van der Waals surface area contributed by atoms with E-state index in [2.05, 4.69) is 13.0 Å². The fourth-order valence-corrected chi connectivity index (χ4v) is 2.70. The number of carbonyl (C=O) groups excluding carboxylic acids is 1. The zero-order valence-corrected chi connectivity index (χ0v) is 10.6. The van der Waals surface area contributed by atoms with Gasteiger partial charge in [0.15, 0.2) is 5.78 Å². The van der Waals surface area contributed by atoms with Gasteiger partial charge < -0.3 is 5.11 Å². The van der Waals surface area contributed by atoms with Gasteiger partial charge in [-0.3, -0.25) is 4.79 Å². The van der Waals surface area contributed by atoms with E-state index in [1.807, 2.05) is 13.0 Å². The predicted molar refractivity (Wildman–Crippen MR) is 68.6 cm³/mol. The van der Waals surface area contributed by atoms with Gasteiger partial charge in [0.25, 0.3) is 0 Å². The van der Waals surface area contributed by atoms with E-state index in [-0.39, 0.29) is 5.78 Å². The van der Waals surface area contributed by atoms with E-state index in [9.17, 15) is 9.90 Å². The third-order valence-corrected chi connectivity index (χ3v) is 3.62. The van der Waals surface area contributed by atoms with Gasteiger partial charge >= 0.3 is 0 Å². The fraction of sp³-hybridized carbons (Fsp3) is 0.533. The van der Waals surface area contributed by atoms with Crippen LogP contribution in [0, 0.1) is 0 Å². The second kappa shape index (κ2) is 5.01. The number of hydrogen-bond acceptors (Lipinski definition) is 2. The van der Waals surface area contributed by atoms with Crippen LogP contribution in [0.3, 0.4) is 0 Å². The van der Waals surface area contributed by atoms with Crippen molar-refractivity contribution < 1.29 is 9.90 Å². The number of Topliss-reactive ketones (excluding diaryl/α,β-unsaturated/α-hetero) is 1.